The molecular formula is C81H55N9O2S2. The molecule has 0 amide bonds. The first kappa shape index (κ1) is 48.1. The lowest BCUT2D eigenvalue weighted by atomic mass is 9.88. The number of benzene rings is 11. The fourth-order valence-electron chi connectivity index (χ4n) is 12.4. The van der Waals surface area contributed by atoms with Crippen LogP contribution in [0.2, 0.25) is 0 Å². The molecule has 2 aliphatic carbocycles. The van der Waals surface area contributed by atoms with E-state index in [1.165, 1.54) is 29.6 Å². The number of hydrogen-bond acceptors (Lipinski definition) is 13. The molecule has 0 bridgehead atoms. The Hall–Kier alpha value is -11.8. The van der Waals surface area contributed by atoms with Gasteiger partial charge >= 0.3 is 0 Å². The third-order valence-electron chi connectivity index (χ3n) is 17.1. The standard InChI is InChI=1S/C45H30N4S2.C36H25N5O2/c1-2-4-30-21-31(6-5-29(30)3-1)32-7-8-36-25-41(16-13-33(36)22-32)49(42-17-14-34-23-39(11-9-37(34)26-42)44-46-19-20-50-44)43-18-15-35-24-40(12-10-38(35)27-43)45-48-47-28-51-45;1-2-24-3-4-30(22-34(24)37-17-1)27-5-6-29-21-33(16-11-28(29)20-27)41(31-12-7-25(8-13-31)35-38-18-19-42-35)32-14-9-26(10-15-32)36-40-39-23-43-36/h1-4,7-28H,5-6H2;1-12,14-23,31H,13H2/i8D,13D,22D,25D;6D,11D,20D,21D. The number of allylic oxidation sites excluding steroid dienone is 3. The second-order valence-corrected chi connectivity index (χ2v) is 24.5. The summed E-state index contributed by atoms with van der Waals surface area (Å²) in [6.07, 6.45) is 18.2. The fourth-order valence-corrected chi connectivity index (χ4v) is 13.6. The Labute approximate surface area is 560 Å². The Balaban J connectivity index is 0.000000154. The molecule has 11 aromatic carbocycles. The molecule has 13 heteroatoms. The summed E-state index contributed by atoms with van der Waals surface area (Å²) in [6.45, 7) is 0. The molecule has 0 N–H and O–H groups in total. The molecule has 0 saturated carbocycles. The van der Waals surface area contributed by atoms with Crippen LogP contribution in [0.4, 0.5) is 28.4 Å². The van der Waals surface area contributed by atoms with Gasteiger partial charge in [-0.15, -0.1) is 31.7 Å². The highest BCUT2D eigenvalue weighted by Crippen LogP contribution is 2.42. The Kier molecular flexibility index (Phi) is 12.5. The highest BCUT2D eigenvalue weighted by Gasteiger charge is 2.24. The highest BCUT2D eigenvalue weighted by molar-refractivity contribution is 7.13. The predicted octanol–water partition coefficient (Wildman–Crippen LogP) is 21.4. The number of oxazole rings is 1. The van der Waals surface area contributed by atoms with Gasteiger partial charge in [0.15, 0.2) is 0 Å². The lowest BCUT2D eigenvalue weighted by Crippen LogP contribution is -2.30. The molecule has 2 aliphatic rings. The average molecular weight is 1260 g/mol. The molecule has 0 fully saturated rings. The fraction of sp³-hybridized carbons (Fsp3) is 0.0494. The van der Waals surface area contributed by atoms with E-state index in [4.69, 9.17) is 12.9 Å². The first-order chi connectivity index (χ1) is 49.8. The Morgan fingerprint density at radius 2 is 1.16 bits per heavy atom. The van der Waals surface area contributed by atoms with Crippen molar-refractivity contribution in [3.63, 3.8) is 0 Å². The molecule has 0 aliphatic heterocycles. The summed E-state index contributed by atoms with van der Waals surface area (Å²) in [5, 5.41) is 26.1. The number of aromatic nitrogens is 7. The van der Waals surface area contributed by atoms with E-state index in [9.17, 15) is 6.85 Å². The van der Waals surface area contributed by atoms with Crippen LogP contribution in [0.1, 0.15) is 46.4 Å². The quantitative estimate of drug-likeness (QED) is 0.116. The van der Waals surface area contributed by atoms with Crippen molar-refractivity contribution >= 4 is 122 Å². The van der Waals surface area contributed by atoms with Crippen LogP contribution in [-0.4, -0.2) is 41.4 Å². The summed E-state index contributed by atoms with van der Waals surface area (Å²) in [5.41, 5.74) is 14.7. The van der Waals surface area contributed by atoms with Gasteiger partial charge in [-0.05, 0) is 205 Å². The van der Waals surface area contributed by atoms with Gasteiger partial charge in [0, 0.05) is 73.9 Å². The van der Waals surface area contributed by atoms with Crippen LogP contribution in [0.15, 0.2) is 293 Å². The zero-order chi connectivity index (χ0) is 69.3. The zero-order valence-corrected chi connectivity index (χ0v) is 51.6. The number of hydrogen-bond donors (Lipinski definition) is 0. The molecule has 11 nitrogen and oxygen atoms in total. The molecule has 94 heavy (non-hydrogen) atoms. The number of nitrogens with zero attached hydrogens (tertiary/aromatic N) is 9. The normalized spacial score (nSPS) is 14.8. The van der Waals surface area contributed by atoms with Crippen LogP contribution in [0, 0.1) is 0 Å². The zero-order valence-electron chi connectivity index (χ0n) is 58.0. The second kappa shape index (κ2) is 24.5. The van der Waals surface area contributed by atoms with E-state index in [2.05, 4.69) is 108 Å². The van der Waals surface area contributed by atoms with E-state index < -0.39 is 0 Å². The summed E-state index contributed by atoms with van der Waals surface area (Å²) >= 11 is 3.10. The minimum absolute atomic E-state index is 0.0635. The van der Waals surface area contributed by atoms with Crippen molar-refractivity contribution in [1.82, 2.24) is 35.3 Å². The van der Waals surface area contributed by atoms with Gasteiger partial charge < -0.3 is 18.6 Å². The molecule has 0 radical (unpaired) electrons. The first-order valence-electron chi connectivity index (χ1n) is 34.6. The van der Waals surface area contributed by atoms with Gasteiger partial charge in [-0.25, -0.2) is 9.97 Å². The molecule has 5 aromatic heterocycles. The van der Waals surface area contributed by atoms with Gasteiger partial charge in [-0.3, -0.25) is 4.98 Å². The van der Waals surface area contributed by atoms with Crippen LogP contribution in [-0.2, 0) is 6.42 Å². The van der Waals surface area contributed by atoms with E-state index in [1.54, 1.807) is 53.5 Å². The molecule has 1 unspecified atom stereocenters. The van der Waals surface area contributed by atoms with E-state index in [0.29, 0.717) is 51.5 Å². The summed E-state index contributed by atoms with van der Waals surface area (Å²) in [4.78, 5) is 17.2. The summed E-state index contributed by atoms with van der Waals surface area (Å²) in [6, 6.07) is 57.6. The summed E-state index contributed by atoms with van der Waals surface area (Å²) in [5.74, 6) is 0.912. The SMILES string of the molecule is [2H]c1cc(N(c2ccc(-c3nnco3)cc2)C2C=CC(c3ncco3)=CC2)c([2H])c2c([2H])cc(-c3ccc4cccnc4c3)c([2H])c12.[2H]c1cc(N(c2ccc3cc(-c4nccs4)ccc3c2)c2ccc3cc(-c4nncs4)ccc3c2)c([2H])c2c([2H])cc(C3=Cc4ccccc4CC3)c([2H])c12. The van der Waals surface area contributed by atoms with Gasteiger partial charge in [0.25, 0.3) is 0 Å². The average Bonchev–Trinajstić information content (AvgIpc) is 0.851. The maximum Gasteiger partial charge on any atom is 0.247 e. The molecule has 0 spiro atoms. The summed E-state index contributed by atoms with van der Waals surface area (Å²) < 4.78 is 85.4. The molecule has 5 heterocycles. The lowest BCUT2D eigenvalue weighted by molar-refractivity contribution is 0.542. The van der Waals surface area contributed by atoms with Gasteiger partial charge in [0.2, 0.25) is 18.2 Å². The smallest absolute Gasteiger partial charge is 0.247 e. The van der Waals surface area contributed by atoms with Crippen molar-refractivity contribution in [2.75, 3.05) is 9.80 Å². The Bertz CT molecular complexity index is 5960. The van der Waals surface area contributed by atoms with Crippen molar-refractivity contribution in [3.05, 3.63) is 307 Å². The van der Waals surface area contributed by atoms with E-state index in [0.717, 1.165) is 111 Å². The van der Waals surface area contributed by atoms with Crippen LogP contribution >= 0.6 is 22.7 Å². The van der Waals surface area contributed by atoms with Gasteiger partial charge in [0.05, 0.1) is 28.7 Å². The van der Waals surface area contributed by atoms with Gasteiger partial charge in [-0.2, -0.15) is 0 Å². The van der Waals surface area contributed by atoms with Crippen molar-refractivity contribution in [2.45, 2.75) is 25.3 Å². The van der Waals surface area contributed by atoms with E-state index in [1.807, 2.05) is 125 Å². The van der Waals surface area contributed by atoms with Gasteiger partial charge in [-0.1, -0.05) is 151 Å². The topological polar surface area (TPSA) is 123 Å². The molecular weight excluding hydrogens is 1200 g/mol. The number of pyridine rings is 1. The molecule has 1 atom stereocenters. The second-order valence-electron chi connectivity index (χ2n) is 22.8. The van der Waals surface area contributed by atoms with E-state index >= 15 is 0 Å². The predicted molar refractivity (Wildman–Crippen MR) is 385 cm³/mol. The molecule has 448 valence electrons. The molecule has 18 rings (SSSR count). The third-order valence-corrected chi connectivity index (χ3v) is 18.6. The van der Waals surface area contributed by atoms with Crippen LogP contribution < -0.4 is 9.80 Å². The minimum Gasteiger partial charge on any atom is -0.445 e. The number of fused-ring (bicyclic) bond motifs is 6. The number of thiazole rings is 1. The van der Waals surface area contributed by atoms with Crippen molar-refractivity contribution in [3.8, 4) is 43.7 Å². The summed E-state index contributed by atoms with van der Waals surface area (Å²) in [7, 11) is 0. The highest BCUT2D eigenvalue weighted by atomic mass is 32.1. The largest absolute Gasteiger partial charge is 0.445 e. The number of rotatable bonds is 12. The van der Waals surface area contributed by atoms with Crippen molar-refractivity contribution < 1.29 is 19.8 Å². The lowest BCUT2D eigenvalue weighted by Gasteiger charge is -2.33. The van der Waals surface area contributed by atoms with Crippen LogP contribution in [0.25, 0.3) is 115 Å². The van der Waals surface area contributed by atoms with Crippen LogP contribution in [0.3, 0.4) is 0 Å². The minimum atomic E-state index is -0.238. The van der Waals surface area contributed by atoms with Crippen molar-refractivity contribution in [2.24, 2.45) is 0 Å². The van der Waals surface area contributed by atoms with Crippen molar-refractivity contribution in [1.29, 1.82) is 0 Å². The van der Waals surface area contributed by atoms with Gasteiger partial charge in [0.1, 0.15) is 21.8 Å². The first-order valence-corrected chi connectivity index (χ1v) is 32.3. The maximum atomic E-state index is 9.70. The Morgan fingerprint density at radius 1 is 0.468 bits per heavy atom. The molecule has 0 saturated heterocycles. The van der Waals surface area contributed by atoms with Crippen LogP contribution in [0.5, 0.6) is 0 Å². The monoisotopic (exact) mass is 1260 g/mol. The number of anilines is 5. The molecule has 16 aromatic rings. The Morgan fingerprint density at radius 3 is 1.89 bits per heavy atom. The maximum absolute atomic E-state index is 9.70. The number of aryl methyl sites for hydroxylation is 1. The van der Waals surface area contributed by atoms with E-state index in [-0.39, 0.29) is 65.2 Å². The third kappa shape index (κ3) is 11.2.